The van der Waals surface area contributed by atoms with Gasteiger partial charge < -0.3 is 9.73 Å². The van der Waals surface area contributed by atoms with Gasteiger partial charge in [0.2, 0.25) is 5.91 Å². The molecule has 2 aromatic heterocycles. The number of hydrogen-bond donors (Lipinski definition) is 1. The lowest BCUT2D eigenvalue weighted by atomic mass is 10.2. The van der Waals surface area contributed by atoms with Gasteiger partial charge in [-0.1, -0.05) is 47.1 Å². The molecule has 2 heterocycles. The predicted molar refractivity (Wildman–Crippen MR) is 111 cm³/mol. The summed E-state index contributed by atoms with van der Waals surface area (Å²) in [6.45, 7) is 0. The van der Waals surface area contributed by atoms with Crippen molar-refractivity contribution in [2.24, 2.45) is 0 Å². The fraction of sp³-hybridized carbons (Fsp3) is 0.0556. The number of nitrogens with zero attached hydrogens (tertiary/aromatic N) is 2. The Hall–Kier alpha value is -2.06. The van der Waals surface area contributed by atoms with Gasteiger partial charge in [0.25, 0.3) is 5.22 Å². The molecule has 0 radical (unpaired) electrons. The number of fused-ring (bicyclic) bond motifs is 1. The van der Waals surface area contributed by atoms with Crippen LogP contribution in [-0.2, 0) is 4.79 Å². The van der Waals surface area contributed by atoms with Gasteiger partial charge in [0.15, 0.2) is 10.7 Å². The third-order valence-electron chi connectivity index (χ3n) is 3.55. The van der Waals surface area contributed by atoms with Crippen LogP contribution in [0.1, 0.15) is 0 Å². The van der Waals surface area contributed by atoms with E-state index in [0.717, 1.165) is 11.3 Å². The zero-order valence-corrected chi connectivity index (χ0v) is 16.8. The highest BCUT2D eigenvalue weighted by atomic mass is 35.5. The number of hydrogen-bond acceptors (Lipinski definition) is 6. The first-order chi connectivity index (χ1) is 13.1. The molecule has 0 aliphatic heterocycles. The molecule has 0 aliphatic rings. The van der Waals surface area contributed by atoms with Gasteiger partial charge in [0.1, 0.15) is 5.52 Å². The Labute approximate surface area is 172 Å². The van der Waals surface area contributed by atoms with E-state index in [9.17, 15) is 4.79 Å². The summed E-state index contributed by atoms with van der Waals surface area (Å²) in [6, 6.07) is 12.6. The molecule has 2 aromatic carbocycles. The van der Waals surface area contributed by atoms with E-state index >= 15 is 0 Å². The average molecular weight is 436 g/mol. The molecule has 0 bridgehead atoms. The molecule has 0 spiro atoms. The smallest absolute Gasteiger partial charge is 0.257 e. The lowest BCUT2D eigenvalue weighted by molar-refractivity contribution is -0.113. The molecule has 27 heavy (non-hydrogen) atoms. The van der Waals surface area contributed by atoms with E-state index in [-0.39, 0.29) is 11.7 Å². The van der Waals surface area contributed by atoms with Crippen molar-refractivity contribution in [1.29, 1.82) is 0 Å². The quantitative estimate of drug-likeness (QED) is 0.389. The van der Waals surface area contributed by atoms with Gasteiger partial charge in [-0.05, 0) is 30.3 Å². The first-order valence-electron chi connectivity index (χ1n) is 7.77. The second kappa shape index (κ2) is 7.90. The molecular weight excluding hydrogens is 425 g/mol. The molecule has 4 rings (SSSR count). The van der Waals surface area contributed by atoms with Crippen molar-refractivity contribution in [1.82, 2.24) is 9.97 Å². The topological polar surface area (TPSA) is 68.0 Å². The summed E-state index contributed by atoms with van der Waals surface area (Å²) < 4.78 is 5.58. The van der Waals surface area contributed by atoms with E-state index in [2.05, 4.69) is 15.3 Å². The van der Waals surface area contributed by atoms with Gasteiger partial charge in [0, 0.05) is 21.0 Å². The van der Waals surface area contributed by atoms with Crippen LogP contribution in [0, 0.1) is 0 Å². The second-order valence-corrected chi connectivity index (χ2v) is 8.13. The largest absolute Gasteiger partial charge is 0.431 e. The fourth-order valence-corrected chi connectivity index (χ4v) is 3.97. The van der Waals surface area contributed by atoms with E-state index < -0.39 is 0 Å². The maximum Gasteiger partial charge on any atom is 0.257 e. The Balaban J connectivity index is 1.37. The Bertz CT molecular complexity index is 1110. The number of carbonyl (C=O) groups excluding carboxylic acids is 1. The van der Waals surface area contributed by atoms with Crippen LogP contribution < -0.4 is 5.32 Å². The molecule has 0 unspecified atom stereocenters. The van der Waals surface area contributed by atoms with Crippen LogP contribution >= 0.6 is 46.3 Å². The molecule has 0 saturated heterocycles. The first-order valence-corrected chi connectivity index (χ1v) is 10.4. The number of anilines is 1. The molecular formula is C18H11Cl2N3O2S2. The summed E-state index contributed by atoms with van der Waals surface area (Å²) in [6.07, 6.45) is 0. The number of oxazole rings is 1. The number of thioether (sulfide) groups is 1. The standard InChI is InChI=1S/C18H11Cl2N3O2S2/c19-11-3-1-10(2-4-11)14-8-26-17(21-14)23-16(24)9-27-18-22-13-7-12(20)5-6-15(13)25-18/h1-8H,9H2,(H,21,23,24). The van der Waals surface area contributed by atoms with Crippen molar-refractivity contribution in [2.45, 2.75) is 5.22 Å². The Morgan fingerprint density at radius 1 is 1.11 bits per heavy atom. The lowest BCUT2D eigenvalue weighted by Crippen LogP contribution is -2.13. The number of thiazole rings is 1. The zero-order chi connectivity index (χ0) is 18.8. The second-order valence-electron chi connectivity index (χ2n) is 5.47. The van der Waals surface area contributed by atoms with Crippen LogP contribution in [0.15, 0.2) is 57.5 Å². The number of nitrogens with one attached hydrogen (secondary N) is 1. The van der Waals surface area contributed by atoms with Gasteiger partial charge in [-0.25, -0.2) is 9.97 Å². The Morgan fingerprint density at radius 3 is 2.70 bits per heavy atom. The van der Waals surface area contributed by atoms with E-state index in [4.69, 9.17) is 27.6 Å². The lowest BCUT2D eigenvalue weighted by Gasteiger charge is -1.99. The summed E-state index contributed by atoms with van der Waals surface area (Å²) in [7, 11) is 0. The molecule has 0 atom stereocenters. The highest BCUT2D eigenvalue weighted by molar-refractivity contribution is 7.99. The number of rotatable bonds is 5. The van der Waals surface area contributed by atoms with E-state index in [1.807, 2.05) is 17.5 Å². The van der Waals surface area contributed by atoms with Crippen LogP contribution in [-0.4, -0.2) is 21.6 Å². The number of halogens is 2. The van der Waals surface area contributed by atoms with E-state index in [0.29, 0.717) is 31.5 Å². The first kappa shape index (κ1) is 18.3. The number of carbonyl (C=O) groups is 1. The highest BCUT2D eigenvalue weighted by Crippen LogP contribution is 2.27. The highest BCUT2D eigenvalue weighted by Gasteiger charge is 2.12. The number of amides is 1. The van der Waals surface area contributed by atoms with Gasteiger partial charge in [-0.15, -0.1) is 11.3 Å². The zero-order valence-electron chi connectivity index (χ0n) is 13.6. The minimum atomic E-state index is -0.183. The summed E-state index contributed by atoms with van der Waals surface area (Å²) in [5, 5.41) is 6.89. The maximum absolute atomic E-state index is 12.2. The van der Waals surface area contributed by atoms with E-state index in [1.54, 1.807) is 30.3 Å². The third-order valence-corrected chi connectivity index (χ3v) is 5.62. The number of benzene rings is 2. The minimum absolute atomic E-state index is 0.163. The van der Waals surface area contributed by atoms with Crippen molar-refractivity contribution in [3.05, 3.63) is 57.9 Å². The molecule has 5 nitrogen and oxygen atoms in total. The molecule has 1 N–H and O–H groups in total. The summed E-state index contributed by atoms with van der Waals surface area (Å²) in [5.41, 5.74) is 3.03. The summed E-state index contributed by atoms with van der Waals surface area (Å²) in [4.78, 5) is 20.9. The van der Waals surface area contributed by atoms with Crippen molar-refractivity contribution in [2.75, 3.05) is 11.1 Å². The van der Waals surface area contributed by atoms with Crippen molar-refractivity contribution < 1.29 is 9.21 Å². The third kappa shape index (κ3) is 4.44. The van der Waals surface area contributed by atoms with Gasteiger partial charge in [-0.2, -0.15) is 0 Å². The predicted octanol–water partition coefficient (Wildman–Crippen LogP) is 5.99. The van der Waals surface area contributed by atoms with Crippen LogP contribution in [0.3, 0.4) is 0 Å². The molecule has 0 fully saturated rings. The van der Waals surface area contributed by atoms with Gasteiger partial charge >= 0.3 is 0 Å². The van der Waals surface area contributed by atoms with Crippen molar-refractivity contribution in [3.8, 4) is 11.3 Å². The monoisotopic (exact) mass is 435 g/mol. The fourth-order valence-electron chi connectivity index (χ4n) is 2.31. The van der Waals surface area contributed by atoms with Crippen LogP contribution in [0.5, 0.6) is 0 Å². The van der Waals surface area contributed by atoms with Crippen molar-refractivity contribution in [3.63, 3.8) is 0 Å². The molecule has 4 aromatic rings. The number of aromatic nitrogens is 2. The van der Waals surface area contributed by atoms with Crippen LogP contribution in [0.4, 0.5) is 5.13 Å². The molecule has 0 saturated carbocycles. The molecule has 1 amide bonds. The van der Waals surface area contributed by atoms with Gasteiger partial charge in [-0.3, -0.25) is 4.79 Å². The molecule has 9 heteroatoms. The Morgan fingerprint density at radius 2 is 1.89 bits per heavy atom. The van der Waals surface area contributed by atoms with E-state index in [1.165, 1.54) is 23.1 Å². The average Bonchev–Trinajstić information content (AvgIpc) is 3.27. The molecule has 0 aliphatic carbocycles. The minimum Gasteiger partial charge on any atom is -0.431 e. The van der Waals surface area contributed by atoms with Crippen molar-refractivity contribution >= 4 is 68.4 Å². The normalized spacial score (nSPS) is 11.0. The molecule has 136 valence electrons. The SMILES string of the molecule is O=C(CSc1nc2cc(Cl)ccc2o1)Nc1nc(-c2ccc(Cl)cc2)cs1. The Kier molecular flexibility index (Phi) is 5.36. The summed E-state index contributed by atoms with van der Waals surface area (Å²) >= 11 is 14.4. The van der Waals surface area contributed by atoms with Gasteiger partial charge in [0.05, 0.1) is 11.4 Å². The van der Waals surface area contributed by atoms with Crippen LogP contribution in [0.2, 0.25) is 10.0 Å². The maximum atomic E-state index is 12.2. The summed E-state index contributed by atoms with van der Waals surface area (Å²) in [5.74, 6) is -0.0200. The van der Waals surface area contributed by atoms with Crippen LogP contribution in [0.25, 0.3) is 22.4 Å².